The lowest BCUT2D eigenvalue weighted by atomic mass is 9.62. The van der Waals surface area contributed by atoms with Gasteiger partial charge >= 0.3 is 0 Å². The molecule has 1 heterocycles. The maximum atomic E-state index is 4.41. The molecule has 1 heteroatoms. The van der Waals surface area contributed by atoms with Gasteiger partial charge in [-0.05, 0) is 77.5 Å². The fourth-order valence-corrected chi connectivity index (χ4v) is 4.63. The number of thiophene rings is 1. The molecule has 0 bridgehead atoms. The van der Waals surface area contributed by atoms with Crippen molar-refractivity contribution in [2.75, 3.05) is 0 Å². The molecule has 1 aromatic carbocycles. The zero-order valence-electron chi connectivity index (χ0n) is 15.3. The molecule has 1 aliphatic carbocycles. The van der Waals surface area contributed by atoms with E-state index in [-0.39, 0.29) is 10.8 Å². The van der Waals surface area contributed by atoms with E-state index in [2.05, 4.69) is 72.4 Å². The lowest BCUT2D eigenvalue weighted by Crippen LogP contribution is -2.34. The van der Waals surface area contributed by atoms with Crippen LogP contribution in [-0.4, -0.2) is 0 Å². The maximum Gasteiger partial charge on any atom is 0.0345 e. The molecule has 0 saturated heterocycles. The highest BCUT2D eigenvalue weighted by molar-refractivity contribution is 7.13. The number of hydrogen-bond donors (Lipinski definition) is 0. The fourth-order valence-electron chi connectivity index (χ4n) is 3.78. The van der Waals surface area contributed by atoms with Crippen LogP contribution in [0.5, 0.6) is 0 Å². The Labute approximate surface area is 145 Å². The third kappa shape index (κ3) is 2.80. The monoisotopic (exact) mass is 324 g/mol. The van der Waals surface area contributed by atoms with E-state index in [1.807, 2.05) is 11.3 Å². The second-order valence-electron chi connectivity index (χ2n) is 8.37. The molecule has 0 saturated carbocycles. The highest BCUT2D eigenvalue weighted by Crippen LogP contribution is 2.47. The lowest BCUT2D eigenvalue weighted by Gasteiger charge is -2.42. The predicted molar refractivity (Wildman–Crippen MR) is 104 cm³/mol. The summed E-state index contributed by atoms with van der Waals surface area (Å²) in [5, 5.41) is 0. The van der Waals surface area contributed by atoms with E-state index in [9.17, 15) is 0 Å². The van der Waals surface area contributed by atoms with Crippen molar-refractivity contribution in [1.82, 2.24) is 0 Å². The number of hydrogen-bond acceptors (Lipinski definition) is 1. The van der Waals surface area contributed by atoms with Crippen LogP contribution >= 0.6 is 11.3 Å². The van der Waals surface area contributed by atoms with Gasteiger partial charge in [0.2, 0.25) is 0 Å². The van der Waals surface area contributed by atoms with Gasteiger partial charge in [0.15, 0.2) is 0 Å². The SMILES string of the molecule is C=C(c1ccc(C)s1)c1cc2c(cc1C)C(C)(C)CCC2(C)C. The van der Waals surface area contributed by atoms with E-state index >= 15 is 0 Å². The minimum Gasteiger partial charge on any atom is -0.141 e. The predicted octanol–water partition coefficient (Wildman–Crippen LogP) is 6.78. The Kier molecular flexibility index (Phi) is 3.84. The van der Waals surface area contributed by atoms with Crippen LogP contribution in [0.4, 0.5) is 0 Å². The average molecular weight is 325 g/mol. The zero-order chi connectivity index (χ0) is 17.0. The van der Waals surface area contributed by atoms with Crippen LogP contribution in [0.25, 0.3) is 5.57 Å². The molecule has 0 N–H and O–H groups in total. The van der Waals surface area contributed by atoms with Crippen LogP contribution < -0.4 is 0 Å². The minimum absolute atomic E-state index is 0.249. The Hall–Kier alpha value is -1.34. The van der Waals surface area contributed by atoms with Gasteiger partial charge < -0.3 is 0 Å². The molecular weight excluding hydrogens is 296 g/mol. The van der Waals surface area contributed by atoms with Crippen LogP contribution in [0.15, 0.2) is 30.8 Å². The molecule has 0 aliphatic heterocycles. The van der Waals surface area contributed by atoms with Crippen molar-refractivity contribution >= 4 is 16.9 Å². The highest BCUT2D eigenvalue weighted by atomic mass is 32.1. The molecule has 122 valence electrons. The lowest BCUT2D eigenvalue weighted by molar-refractivity contribution is 0.331. The van der Waals surface area contributed by atoms with E-state index in [4.69, 9.17) is 0 Å². The summed E-state index contributed by atoms with van der Waals surface area (Å²) in [6, 6.07) is 9.25. The van der Waals surface area contributed by atoms with Gasteiger partial charge in [0.1, 0.15) is 0 Å². The third-order valence-electron chi connectivity index (χ3n) is 5.56. The molecule has 23 heavy (non-hydrogen) atoms. The van der Waals surface area contributed by atoms with Crippen LogP contribution in [0.3, 0.4) is 0 Å². The fraction of sp³-hybridized carbons (Fsp3) is 0.455. The zero-order valence-corrected chi connectivity index (χ0v) is 16.2. The summed E-state index contributed by atoms with van der Waals surface area (Å²) < 4.78 is 0. The second-order valence-corrected chi connectivity index (χ2v) is 9.66. The Morgan fingerprint density at radius 3 is 2.04 bits per heavy atom. The number of rotatable bonds is 2. The summed E-state index contributed by atoms with van der Waals surface area (Å²) in [7, 11) is 0. The minimum atomic E-state index is 0.249. The van der Waals surface area contributed by atoms with Gasteiger partial charge in [0.05, 0.1) is 0 Å². The van der Waals surface area contributed by atoms with E-state index in [1.54, 1.807) is 0 Å². The maximum absolute atomic E-state index is 4.41. The molecule has 1 aromatic heterocycles. The Morgan fingerprint density at radius 1 is 0.957 bits per heavy atom. The van der Waals surface area contributed by atoms with Gasteiger partial charge in [-0.2, -0.15) is 0 Å². The Balaban J connectivity index is 2.16. The molecule has 0 amide bonds. The van der Waals surface area contributed by atoms with Crippen LogP contribution in [-0.2, 0) is 10.8 Å². The number of aryl methyl sites for hydroxylation is 2. The van der Waals surface area contributed by atoms with Gasteiger partial charge in [-0.15, -0.1) is 11.3 Å². The van der Waals surface area contributed by atoms with Crippen molar-refractivity contribution in [3.63, 3.8) is 0 Å². The van der Waals surface area contributed by atoms with Gasteiger partial charge in [-0.3, -0.25) is 0 Å². The molecule has 0 fully saturated rings. The summed E-state index contributed by atoms with van der Waals surface area (Å²) >= 11 is 1.84. The molecule has 0 unspecified atom stereocenters. The molecular formula is C22H28S. The summed E-state index contributed by atoms with van der Waals surface area (Å²) in [5.41, 5.74) is 7.41. The molecule has 0 radical (unpaired) electrons. The largest absolute Gasteiger partial charge is 0.141 e. The van der Waals surface area contributed by atoms with Gasteiger partial charge in [-0.25, -0.2) is 0 Å². The summed E-state index contributed by atoms with van der Waals surface area (Å²) in [4.78, 5) is 2.64. The van der Waals surface area contributed by atoms with E-state index in [1.165, 1.54) is 50.4 Å². The van der Waals surface area contributed by atoms with Gasteiger partial charge in [0.25, 0.3) is 0 Å². The van der Waals surface area contributed by atoms with Crippen molar-refractivity contribution in [2.45, 2.75) is 65.2 Å². The molecule has 1 aliphatic rings. The molecule has 0 spiro atoms. The number of fused-ring (bicyclic) bond motifs is 1. The average Bonchev–Trinajstić information content (AvgIpc) is 2.89. The van der Waals surface area contributed by atoms with Crippen LogP contribution in [0, 0.1) is 13.8 Å². The van der Waals surface area contributed by atoms with E-state index in [0.29, 0.717) is 0 Å². The Bertz CT molecular complexity index is 771. The van der Waals surface area contributed by atoms with E-state index < -0.39 is 0 Å². The first-order valence-corrected chi connectivity index (χ1v) is 9.35. The smallest absolute Gasteiger partial charge is 0.0345 e. The van der Waals surface area contributed by atoms with Gasteiger partial charge in [0, 0.05) is 9.75 Å². The van der Waals surface area contributed by atoms with Crippen molar-refractivity contribution in [3.05, 3.63) is 62.9 Å². The highest BCUT2D eigenvalue weighted by Gasteiger charge is 2.37. The standard InChI is InChI=1S/C22H28S/c1-14-12-18-19(22(6,7)11-10-21(18,4)5)13-17(14)16(3)20-9-8-15(2)23-20/h8-9,12-13H,3,10-11H2,1-2,4-7H3. The Morgan fingerprint density at radius 2 is 1.52 bits per heavy atom. The normalized spacial score (nSPS) is 18.5. The van der Waals surface area contributed by atoms with E-state index in [0.717, 1.165) is 0 Å². The third-order valence-corrected chi connectivity index (χ3v) is 6.62. The molecule has 3 rings (SSSR count). The van der Waals surface area contributed by atoms with Crippen LogP contribution in [0.1, 0.15) is 72.5 Å². The molecule has 0 nitrogen and oxygen atoms in total. The van der Waals surface area contributed by atoms with Crippen molar-refractivity contribution in [1.29, 1.82) is 0 Å². The quantitative estimate of drug-likeness (QED) is 0.571. The van der Waals surface area contributed by atoms with Crippen molar-refractivity contribution in [2.24, 2.45) is 0 Å². The van der Waals surface area contributed by atoms with Crippen molar-refractivity contribution < 1.29 is 0 Å². The van der Waals surface area contributed by atoms with Crippen molar-refractivity contribution in [3.8, 4) is 0 Å². The first-order valence-electron chi connectivity index (χ1n) is 8.53. The second kappa shape index (κ2) is 5.34. The summed E-state index contributed by atoms with van der Waals surface area (Å²) in [6.07, 6.45) is 2.51. The molecule has 0 atom stereocenters. The first kappa shape index (κ1) is 16.5. The number of benzene rings is 1. The summed E-state index contributed by atoms with van der Waals surface area (Å²) in [6.45, 7) is 18.4. The van der Waals surface area contributed by atoms with Gasteiger partial charge in [-0.1, -0.05) is 46.4 Å². The summed E-state index contributed by atoms with van der Waals surface area (Å²) in [5.74, 6) is 0. The molecule has 2 aromatic rings. The topological polar surface area (TPSA) is 0 Å². The first-order chi connectivity index (χ1) is 10.6. The van der Waals surface area contributed by atoms with Crippen LogP contribution in [0.2, 0.25) is 0 Å².